The third-order valence-electron chi connectivity index (χ3n) is 4.22. The molecule has 2 aromatic rings. The van der Waals surface area contributed by atoms with E-state index >= 15 is 0 Å². The summed E-state index contributed by atoms with van der Waals surface area (Å²) in [7, 11) is 0. The number of amides is 2. The van der Waals surface area contributed by atoms with E-state index in [1.165, 1.54) is 0 Å². The van der Waals surface area contributed by atoms with Crippen LogP contribution in [0, 0.1) is 0 Å². The van der Waals surface area contributed by atoms with E-state index in [1.807, 2.05) is 43.3 Å². The monoisotopic (exact) mass is 413 g/mol. The van der Waals surface area contributed by atoms with Gasteiger partial charge in [-0.15, -0.1) is 0 Å². The molecular weight excluding hydrogens is 386 g/mol. The zero-order valence-electron chi connectivity index (χ0n) is 16.6. The molecule has 0 unspecified atom stereocenters. The molecule has 29 heavy (non-hydrogen) atoms. The van der Waals surface area contributed by atoms with Gasteiger partial charge in [-0.3, -0.25) is 14.9 Å². The maximum absolute atomic E-state index is 12.6. The summed E-state index contributed by atoms with van der Waals surface area (Å²) in [4.78, 5) is 25.6. The number of primary amides is 1. The Bertz CT molecular complexity index is 827. The first-order valence-electron chi connectivity index (χ1n) is 9.65. The van der Waals surface area contributed by atoms with Crippen molar-refractivity contribution in [3.8, 4) is 5.75 Å². The van der Waals surface area contributed by atoms with Crippen molar-refractivity contribution in [2.45, 2.75) is 26.2 Å². The first-order valence-corrected chi connectivity index (χ1v) is 10.1. The molecule has 6 nitrogen and oxygen atoms in total. The number of benzene rings is 2. The van der Waals surface area contributed by atoms with Crippen molar-refractivity contribution in [3.05, 3.63) is 65.7 Å². The van der Waals surface area contributed by atoms with Gasteiger partial charge in [0.05, 0.1) is 6.61 Å². The Morgan fingerprint density at radius 1 is 1.10 bits per heavy atom. The van der Waals surface area contributed by atoms with Crippen LogP contribution in [-0.2, 0) is 11.2 Å². The number of nitrogens with zero attached hydrogens (tertiary/aromatic N) is 1. The zero-order valence-corrected chi connectivity index (χ0v) is 17.4. The maximum atomic E-state index is 12.6. The van der Waals surface area contributed by atoms with E-state index < -0.39 is 5.91 Å². The van der Waals surface area contributed by atoms with Crippen LogP contribution in [0.25, 0.3) is 0 Å². The number of hydrogen-bond donors (Lipinski definition) is 2. The first-order chi connectivity index (χ1) is 14.0. The van der Waals surface area contributed by atoms with Crippen molar-refractivity contribution in [1.29, 1.82) is 0 Å². The minimum atomic E-state index is -0.412. The highest BCUT2D eigenvalue weighted by atomic mass is 32.1. The summed E-state index contributed by atoms with van der Waals surface area (Å²) in [5, 5.41) is 3.02. The predicted molar refractivity (Wildman–Crippen MR) is 118 cm³/mol. The molecule has 2 aromatic carbocycles. The molecule has 0 saturated carbocycles. The Morgan fingerprint density at radius 3 is 2.55 bits per heavy atom. The van der Waals surface area contributed by atoms with E-state index in [2.05, 4.69) is 5.32 Å². The van der Waals surface area contributed by atoms with Gasteiger partial charge in [-0.25, -0.2) is 0 Å². The summed E-state index contributed by atoms with van der Waals surface area (Å²) in [6.45, 7) is 3.52. The van der Waals surface area contributed by atoms with Gasteiger partial charge >= 0.3 is 0 Å². The van der Waals surface area contributed by atoms with Crippen molar-refractivity contribution in [1.82, 2.24) is 10.2 Å². The van der Waals surface area contributed by atoms with Gasteiger partial charge in [0.25, 0.3) is 5.91 Å². The van der Waals surface area contributed by atoms with Gasteiger partial charge in [0.2, 0.25) is 5.91 Å². The molecular formula is C22H27N3O3S. The Morgan fingerprint density at radius 2 is 1.86 bits per heavy atom. The fourth-order valence-electron chi connectivity index (χ4n) is 2.66. The Kier molecular flexibility index (Phi) is 9.11. The van der Waals surface area contributed by atoms with Gasteiger partial charge in [0.15, 0.2) is 5.11 Å². The lowest BCUT2D eigenvalue weighted by atomic mass is 10.1. The number of thiocarbonyl (C=S) groups is 1. The minimum absolute atomic E-state index is 0.158. The smallest absolute Gasteiger partial charge is 0.257 e. The molecule has 0 bridgehead atoms. The van der Waals surface area contributed by atoms with Gasteiger partial charge in [0, 0.05) is 25.1 Å². The molecule has 2 rings (SSSR count). The van der Waals surface area contributed by atoms with E-state index in [9.17, 15) is 9.59 Å². The van der Waals surface area contributed by atoms with Crippen molar-refractivity contribution < 1.29 is 14.3 Å². The van der Waals surface area contributed by atoms with Crippen LogP contribution in [0.5, 0.6) is 5.75 Å². The summed E-state index contributed by atoms with van der Waals surface area (Å²) in [5.41, 5.74) is 6.89. The molecule has 0 atom stereocenters. The molecule has 0 aliphatic rings. The van der Waals surface area contributed by atoms with Crippen molar-refractivity contribution in [2.75, 3.05) is 19.7 Å². The summed E-state index contributed by atoms with van der Waals surface area (Å²) >= 11 is 5.43. The number of ether oxygens (including phenoxy) is 1. The number of nitrogens with two attached hydrogens (primary N) is 1. The van der Waals surface area contributed by atoms with E-state index in [0.717, 1.165) is 18.4 Å². The summed E-state index contributed by atoms with van der Waals surface area (Å²) in [5.74, 6) is -0.0922. The number of rotatable bonds is 10. The molecule has 0 aliphatic carbocycles. The maximum Gasteiger partial charge on any atom is 0.257 e. The van der Waals surface area contributed by atoms with Crippen LogP contribution in [0.4, 0.5) is 0 Å². The fraction of sp³-hybridized carbons (Fsp3) is 0.318. The van der Waals surface area contributed by atoms with Crippen molar-refractivity contribution in [2.24, 2.45) is 5.73 Å². The topological polar surface area (TPSA) is 84.7 Å². The third-order valence-corrected chi connectivity index (χ3v) is 4.58. The normalized spacial score (nSPS) is 10.2. The Hall–Kier alpha value is -2.93. The van der Waals surface area contributed by atoms with E-state index in [-0.39, 0.29) is 17.4 Å². The Labute approximate surface area is 177 Å². The van der Waals surface area contributed by atoms with E-state index in [4.69, 9.17) is 22.7 Å². The third kappa shape index (κ3) is 7.91. The second kappa shape index (κ2) is 11.8. The molecule has 154 valence electrons. The molecule has 0 saturated heterocycles. The van der Waals surface area contributed by atoms with Crippen LogP contribution in [-0.4, -0.2) is 41.5 Å². The molecule has 0 radical (unpaired) electrons. The number of carbonyl (C=O) groups is 2. The van der Waals surface area contributed by atoms with Gasteiger partial charge in [0.1, 0.15) is 5.75 Å². The summed E-state index contributed by atoms with van der Waals surface area (Å²) in [6, 6.07) is 16.9. The molecule has 2 amide bonds. The van der Waals surface area contributed by atoms with Crippen LogP contribution in [0.3, 0.4) is 0 Å². The summed E-state index contributed by atoms with van der Waals surface area (Å²) < 4.78 is 5.58. The lowest BCUT2D eigenvalue weighted by Gasteiger charge is -2.25. The molecule has 0 spiro atoms. The van der Waals surface area contributed by atoms with Crippen molar-refractivity contribution in [3.63, 3.8) is 0 Å². The SMILES string of the molecule is CCCOc1cccc(C(=O)NC(=S)N(CCC(N)=O)CCc2ccccc2)c1. The highest BCUT2D eigenvalue weighted by molar-refractivity contribution is 7.80. The number of nitrogens with one attached hydrogen (secondary N) is 1. The zero-order chi connectivity index (χ0) is 21.1. The molecule has 0 aromatic heterocycles. The largest absolute Gasteiger partial charge is 0.494 e. The van der Waals surface area contributed by atoms with Crippen LogP contribution in [0.2, 0.25) is 0 Å². The molecule has 0 fully saturated rings. The lowest BCUT2D eigenvalue weighted by Crippen LogP contribution is -2.44. The lowest BCUT2D eigenvalue weighted by molar-refractivity contribution is -0.118. The second-order valence-electron chi connectivity index (χ2n) is 6.57. The highest BCUT2D eigenvalue weighted by Gasteiger charge is 2.15. The van der Waals surface area contributed by atoms with Gasteiger partial charge in [-0.2, -0.15) is 0 Å². The van der Waals surface area contributed by atoms with E-state index in [1.54, 1.807) is 23.1 Å². The Balaban J connectivity index is 2.01. The van der Waals surface area contributed by atoms with Gasteiger partial charge in [-0.05, 0) is 48.8 Å². The second-order valence-corrected chi connectivity index (χ2v) is 6.96. The minimum Gasteiger partial charge on any atom is -0.494 e. The average molecular weight is 414 g/mol. The molecule has 0 aliphatic heterocycles. The van der Waals surface area contributed by atoms with Crippen LogP contribution in [0.15, 0.2) is 54.6 Å². The van der Waals surface area contributed by atoms with E-state index in [0.29, 0.717) is 31.0 Å². The van der Waals surface area contributed by atoms with Crippen LogP contribution >= 0.6 is 12.2 Å². The van der Waals surface area contributed by atoms with Crippen LogP contribution in [0.1, 0.15) is 35.7 Å². The first kappa shape index (κ1) is 22.4. The molecule has 3 N–H and O–H groups in total. The van der Waals surface area contributed by atoms with Gasteiger partial charge < -0.3 is 15.4 Å². The fourth-order valence-corrected chi connectivity index (χ4v) is 2.94. The van der Waals surface area contributed by atoms with Crippen LogP contribution < -0.4 is 15.8 Å². The van der Waals surface area contributed by atoms with Crippen molar-refractivity contribution >= 4 is 29.1 Å². The average Bonchev–Trinajstić information content (AvgIpc) is 2.72. The molecule has 0 heterocycles. The predicted octanol–water partition coefficient (Wildman–Crippen LogP) is 2.91. The van der Waals surface area contributed by atoms with Gasteiger partial charge in [-0.1, -0.05) is 43.3 Å². The highest BCUT2D eigenvalue weighted by Crippen LogP contribution is 2.14. The number of carbonyl (C=O) groups excluding carboxylic acids is 2. The molecule has 7 heteroatoms. The quantitative estimate of drug-likeness (QED) is 0.585. The number of hydrogen-bond acceptors (Lipinski definition) is 4. The summed E-state index contributed by atoms with van der Waals surface area (Å²) in [6.07, 6.45) is 1.78. The standard InChI is InChI=1S/C22H27N3O3S/c1-2-15-28-19-10-6-9-18(16-19)21(27)24-22(29)25(14-12-20(23)26)13-11-17-7-4-3-5-8-17/h3-10,16H,2,11-15H2,1H3,(H2,23,26)(H,24,27,29).